The van der Waals surface area contributed by atoms with Gasteiger partial charge in [0.25, 0.3) is 0 Å². The second-order valence-corrected chi connectivity index (χ2v) is 18.2. The Hall–Kier alpha value is -0.950. The highest BCUT2D eigenvalue weighted by Crippen LogP contribution is 2.17. The van der Waals surface area contributed by atoms with Gasteiger partial charge in [-0.1, -0.05) is 257 Å². The SMILES string of the molecule is CCCCCCCCCCCCCCCC/C=C\CCCCCCCCCCCCCCCCCCC(O)C(=O)NC(CO)C(O)C(O)CCCCCCCCCC. The largest absolute Gasteiger partial charge is 0.394 e. The van der Waals surface area contributed by atoms with Crippen LogP contribution < -0.4 is 5.32 Å². The van der Waals surface area contributed by atoms with Crippen molar-refractivity contribution in [3.8, 4) is 0 Å². The van der Waals surface area contributed by atoms with Crippen molar-refractivity contribution in [1.82, 2.24) is 5.32 Å². The van der Waals surface area contributed by atoms with E-state index in [-0.39, 0.29) is 0 Å². The topological polar surface area (TPSA) is 110 Å². The van der Waals surface area contributed by atoms with Crippen LogP contribution in [0.5, 0.6) is 0 Å². The van der Waals surface area contributed by atoms with Gasteiger partial charge in [-0.3, -0.25) is 4.79 Å². The monoisotopic (exact) mass is 822 g/mol. The molecule has 0 rings (SSSR count). The van der Waals surface area contributed by atoms with Gasteiger partial charge in [-0.2, -0.15) is 0 Å². The number of aliphatic hydroxyl groups is 4. The maximum atomic E-state index is 12.5. The van der Waals surface area contributed by atoms with Crippen molar-refractivity contribution < 1.29 is 25.2 Å². The van der Waals surface area contributed by atoms with Crippen LogP contribution in [0.1, 0.15) is 284 Å². The minimum absolute atomic E-state index is 0.373. The minimum Gasteiger partial charge on any atom is -0.394 e. The molecule has 6 nitrogen and oxygen atoms in total. The average molecular weight is 822 g/mol. The van der Waals surface area contributed by atoms with Crippen LogP contribution >= 0.6 is 0 Å². The molecular weight excluding hydrogens is 719 g/mol. The Labute approximate surface area is 362 Å². The zero-order chi connectivity index (χ0) is 42.4. The summed E-state index contributed by atoms with van der Waals surface area (Å²) in [6.45, 7) is 4.03. The zero-order valence-corrected chi connectivity index (χ0v) is 39.1. The summed E-state index contributed by atoms with van der Waals surface area (Å²) >= 11 is 0. The standard InChI is InChI=1S/C52H103NO5/c1-3-5-7-9-11-13-14-15-16-17-18-19-20-21-22-23-24-25-26-27-28-29-30-31-32-33-34-35-36-37-38-40-42-44-46-50(56)52(58)53-48(47-54)51(57)49(55)45-43-41-39-12-10-8-6-4-2/h23-24,48-51,54-57H,3-22,25-47H2,1-2H3,(H,53,58)/b24-23-. The van der Waals surface area contributed by atoms with Gasteiger partial charge in [0.2, 0.25) is 5.91 Å². The molecule has 0 saturated carbocycles. The molecule has 58 heavy (non-hydrogen) atoms. The second-order valence-electron chi connectivity index (χ2n) is 18.2. The Morgan fingerprint density at radius 1 is 0.414 bits per heavy atom. The molecule has 0 aliphatic heterocycles. The Morgan fingerprint density at radius 3 is 1.00 bits per heavy atom. The summed E-state index contributed by atoms with van der Waals surface area (Å²) in [5.74, 6) is -0.582. The van der Waals surface area contributed by atoms with Crippen molar-refractivity contribution in [2.75, 3.05) is 6.61 Å². The van der Waals surface area contributed by atoms with Gasteiger partial charge in [0.15, 0.2) is 0 Å². The number of nitrogens with one attached hydrogen (secondary N) is 1. The average Bonchev–Trinajstić information content (AvgIpc) is 3.23. The van der Waals surface area contributed by atoms with Crippen LogP contribution in [0.25, 0.3) is 0 Å². The van der Waals surface area contributed by atoms with Gasteiger partial charge in [-0.05, 0) is 38.5 Å². The molecule has 5 N–H and O–H groups in total. The van der Waals surface area contributed by atoms with Crippen molar-refractivity contribution in [2.24, 2.45) is 0 Å². The van der Waals surface area contributed by atoms with E-state index < -0.39 is 36.9 Å². The summed E-state index contributed by atoms with van der Waals surface area (Å²) in [5, 5.41) is 43.5. The van der Waals surface area contributed by atoms with E-state index in [0.717, 1.165) is 38.5 Å². The van der Waals surface area contributed by atoms with E-state index in [4.69, 9.17) is 0 Å². The Kier molecular flexibility index (Phi) is 46.3. The van der Waals surface area contributed by atoms with E-state index in [1.165, 1.54) is 218 Å². The van der Waals surface area contributed by atoms with Gasteiger partial charge in [-0.25, -0.2) is 0 Å². The summed E-state index contributed by atoms with van der Waals surface area (Å²) in [4.78, 5) is 12.5. The van der Waals surface area contributed by atoms with E-state index in [1.807, 2.05) is 0 Å². The quantitative estimate of drug-likeness (QED) is 0.0310. The number of hydrogen-bond acceptors (Lipinski definition) is 5. The summed E-state index contributed by atoms with van der Waals surface area (Å²) in [5.41, 5.74) is 0. The Balaban J connectivity index is 3.48. The summed E-state index contributed by atoms with van der Waals surface area (Å²) in [6, 6.07) is -0.979. The maximum absolute atomic E-state index is 12.5. The molecule has 0 heterocycles. The van der Waals surface area contributed by atoms with E-state index in [1.54, 1.807) is 0 Å². The van der Waals surface area contributed by atoms with Crippen LogP contribution in [0.4, 0.5) is 0 Å². The number of rotatable bonds is 48. The molecule has 0 aromatic carbocycles. The lowest BCUT2D eigenvalue weighted by atomic mass is 9.99. The van der Waals surface area contributed by atoms with Crippen molar-refractivity contribution in [3.63, 3.8) is 0 Å². The van der Waals surface area contributed by atoms with Crippen LogP contribution in [0.3, 0.4) is 0 Å². The van der Waals surface area contributed by atoms with E-state index >= 15 is 0 Å². The fourth-order valence-electron chi connectivity index (χ4n) is 8.34. The lowest BCUT2D eigenvalue weighted by molar-refractivity contribution is -0.132. The number of allylic oxidation sites excluding steroid dienone is 2. The summed E-state index contributed by atoms with van der Waals surface area (Å²) < 4.78 is 0. The molecule has 1 amide bonds. The molecule has 0 spiro atoms. The predicted octanol–water partition coefficient (Wildman–Crippen LogP) is 14.5. The molecule has 0 bridgehead atoms. The van der Waals surface area contributed by atoms with Gasteiger partial charge >= 0.3 is 0 Å². The van der Waals surface area contributed by atoms with E-state index in [2.05, 4.69) is 31.3 Å². The smallest absolute Gasteiger partial charge is 0.249 e. The van der Waals surface area contributed by atoms with Crippen LogP contribution in [-0.2, 0) is 4.79 Å². The third-order valence-corrected chi connectivity index (χ3v) is 12.5. The molecule has 0 aromatic rings. The van der Waals surface area contributed by atoms with Gasteiger partial charge < -0.3 is 25.7 Å². The molecule has 346 valence electrons. The van der Waals surface area contributed by atoms with E-state index in [9.17, 15) is 25.2 Å². The third-order valence-electron chi connectivity index (χ3n) is 12.5. The number of hydrogen-bond donors (Lipinski definition) is 5. The van der Waals surface area contributed by atoms with Crippen molar-refractivity contribution in [1.29, 1.82) is 0 Å². The highest BCUT2D eigenvalue weighted by Gasteiger charge is 2.28. The molecule has 4 atom stereocenters. The first-order chi connectivity index (χ1) is 28.5. The summed E-state index contributed by atoms with van der Waals surface area (Å²) in [7, 11) is 0. The van der Waals surface area contributed by atoms with Crippen molar-refractivity contribution in [2.45, 2.75) is 308 Å². The Bertz CT molecular complexity index is 837. The maximum Gasteiger partial charge on any atom is 0.249 e. The molecule has 4 unspecified atom stereocenters. The number of aliphatic hydroxyl groups excluding tert-OH is 4. The first kappa shape index (κ1) is 57.1. The molecule has 0 aliphatic rings. The lowest BCUT2D eigenvalue weighted by Gasteiger charge is -2.27. The van der Waals surface area contributed by atoms with E-state index in [0.29, 0.717) is 12.8 Å². The first-order valence-electron chi connectivity index (χ1n) is 26.1. The van der Waals surface area contributed by atoms with Gasteiger partial charge in [-0.15, -0.1) is 0 Å². The van der Waals surface area contributed by atoms with Gasteiger partial charge in [0, 0.05) is 0 Å². The number of carbonyl (C=O) groups is 1. The highest BCUT2D eigenvalue weighted by molar-refractivity contribution is 5.80. The lowest BCUT2D eigenvalue weighted by Crippen LogP contribution is -2.53. The zero-order valence-electron chi connectivity index (χ0n) is 39.1. The molecule has 0 radical (unpaired) electrons. The molecule has 6 heteroatoms. The highest BCUT2D eigenvalue weighted by atomic mass is 16.3. The van der Waals surface area contributed by atoms with Crippen LogP contribution in [0.15, 0.2) is 12.2 Å². The van der Waals surface area contributed by atoms with Crippen LogP contribution in [0.2, 0.25) is 0 Å². The molecular formula is C52H103NO5. The number of carbonyl (C=O) groups excluding carboxylic acids is 1. The van der Waals surface area contributed by atoms with Crippen molar-refractivity contribution >= 4 is 5.91 Å². The van der Waals surface area contributed by atoms with Crippen molar-refractivity contribution in [3.05, 3.63) is 12.2 Å². The van der Waals surface area contributed by atoms with Gasteiger partial charge in [0.05, 0.1) is 18.8 Å². The normalized spacial score (nSPS) is 14.0. The number of unbranched alkanes of at least 4 members (excludes halogenated alkanes) is 37. The van der Waals surface area contributed by atoms with Crippen LogP contribution in [-0.4, -0.2) is 57.3 Å². The molecule has 0 fully saturated rings. The summed E-state index contributed by atoms with van der Waals surface area (Å²) in [6.07, 6.45) is 54.5. The third kappa shape index (κ3) is 40.5. The molecule has 0 saturated heterocycles. The minimum atomic E-state index is -1.25. The fraction of sp³-hybridized carbons (Fsp3) is 0.942. The van der Waals surface area contributed by atoms with Gasteiger partial charge in [0.1, 0.15) is 12.2 Å². The fourth-order valence-corrected chi connectivity index (χ4v) is 8.34. The molecule has 0 aromatic heterocycles. The Morgan fingerprint density at radius 2 is 0.690 bits per heavy atom. The first-order valence-corrected chi connectivity index (χ1v) is 26.1. The molecule has 0 aliphatic carbocycles. The number of amides is 1. The second kappa shape index (κ2) is 47.1. The van der Waals surface area contributed by atoms with Crippen LogP contribution in [0, 0.1) is 0 Å². The predicted molar refractivity (Wildman–Crippen MR) is 251 cm³/mol.